The fraction of sp³-hybridized carbons (Fsp3) is 0.350. The number of benzene rings is 1. The molecule has 0 saturated carbocycles. The van der Waals surface area contributed by atoms with E-state index >= 15 is 0 Å². The van der Waals surface area contributed by atoms with Crippen molar-refractivity contribution < 1.29 is 9.50 Å². The molecule has 1 aliphatic rings. The van der Waals surface area contributed by atoms with E-state index in [9.17, 15) is 9.50 Å². The number of aromatic nitrogens is 3. The number of halogens is 1. The van der Waals surface area contributed by atoms with E-state index in [0.29, 0.717) is 30.1 Å². The molecule has 3 aromatic rings. The fourth-order valence-electron chi connectivity index (χ4n) is 3.62. The first kappa shape index (κ1) is 18.4. The van der Waals surface area contributed by atoms with Crippen LogP contribution in [0.5, 0.6) is 0 Å². The van der Waals surface area contributed by atoms with Gasteiger partial charge in [0.1, 0.15) is 23.8 Å². The molecule has 2 aromatic heterocycles. The lowest BCUT2D eigenvalue weighted by Crippen LogP contribution is -2.36. The minimum Gasteiger partial charge on any atom is -0.393 e. The summed E-state index contributed by atoms with van der Waals surface area (Å²) in [5.41, 5.74) is 8.05. The summed E-state index contributed by atoms with van der Waals surface area (Å²) in [6, 6.07) is 8.16. The maximum atomic E-state index is 14.0. The van der Waals surface area contributed by atoms with Gasteiger partial charge in [-0.15, -0.1) is 0 Å². The Bertz CT molecular complexity index is 990. The highest BCUT2D eigenvalue weighted by Gasteiger charge is 2.22. The Labute approximate surface area is 162 Å². The van der Waals surface area contributed by atoms with Crippen LogP contribution in [-0.4, -0.2) is 39.3 Å². The molecule has 4 N–H and O–H groups in total. The third kappa shape index (κ3) is 3.68. The predicted molar refractivity (Wildman–Crippen MR) is 108 cm³/mol. The van der Waals surface area contributed by atoms with Crippen molar-refractivity contribution in [3.05, 3.63) is 48.0 Å². The molecule has 0 amide bonds. The number of anilines is 3. The standard InChI is InChI=1S/C20H23FN6O/c1-12(25-19-15-3-5-18(22)26-20(15)24-11-23-19)16-10-13(21)2-4-17(16)27-8-6-14(28)7-9-27/h2-5,10-12,14,28H,6-9H2,1H3,(H3,22,23,24,25,26). The molecule has 0 spiro atoms. The molecule has 146 valence electrons. The second-order valence-corrected chi connectivity index (χ2v) is 7.12. The van der Waals surface area contributed by atoms with Crippen molar-refractivity contribution in [2.24, 2.45) is 0 Å². The summed E-state index contributed by atoms with van der Waals surface area (Å²) in [5, 5.41) is 13.9. The van der Waals surface area contributed by atoms with Crippen molar-refractivity contribution in [2.75, 3.05) is 29.0 Å². The Morgan fingerprint density at radius 1 is 1.21 bits per heavy atom. The Balaban J connectivity index is 1.65. The van der Waals surface area contributed by atoms with Gasteiger partial charge in [-0.25, -0.2) is 19.3 Å². The normalized spacial score (nSPS) is 16.3. The van der Waals surface area contributed by atoms with Crippen molar-refractivity contribution >= 4 is 28.4 Å². The van der Waals surface area contributed by atoms with Crippen LogP contribution in [0.15, 0.2) is 36.7 Å². The van der Waals surface area contributed by atoms with E-state index in [2.05, 4.69) is 25.2 Å². The average Bonchev–Trinajstić information content (AvgIpc) is 2.68. The number of nitrogens with one attached hydrogen (secondary N) is 1. The molecule has 7 nitrogen and oxygen atoms in total. The van der Waals surface area contributed by atoms with E-state index in [1.54, 1.807) is 18.2 Å². The van der Waals surface area contributed by atoms with Gasteiger partial charge in [0.05, 0.1) is 17.5 Å². The van der Waals surface area contributed by atoms with Crippen LogP contribution in [0, 0.1) is 5.82 Å². The molecule has 1 saturated heterocycles. The van der Waals surface area contributed by atoms with Gasteiger partial charge in [0.15, 0.2) is 5.65 Å². The fourth-order valence-corrected chi connectivity index (χ4v) is 3.62. The van der Waals surface area contributed by atoms with Gasteiger partial charge in [-0.3, -0.25) is 0 Å². The quantitative estimate of drug-likeness (QED) is 0.638. The monoisotopic (exact) mass is 382 g/mol. The number of nitrogen functional groups attached to an aromatic ring is 1. The molecule has 1 atom stereocenters. The predicted octanol–water partition coefficient (Wildman–Crippen LogP) is 2.88. The lowest BCUT2D eigenvalue weighted by Gasteiger charge is -2.34. The number of pyridine rings is 1. The third-order valence-corrected chi connectivity index (χ3v) is 5.13. The average molecular weight is 382 g/mol. The molecule has 0 radical (unpaired) electrons. The molecule has 1 unspecified atom stereocenters. The van der Waals surface area contributed by atoms with Gasteiger partial charge in [0.25, 0.3) is 0 Å². The van der Waals surface area contributed by atoms with Crippen LogP contribution in [0.3, 0.4) is 0 Å². The second-order valence-electron chi connectivity index (χ2n) is 7.12. The van der Waals surface area contributed by atoms with Gasteiger partial charge >= 0.3 is 0 Å². The largest absolute Gasteiger partial charge is 0.393 e. The molecule has 4 rings (SSSR count). The number of piperidine rings is 1. The summed E-state index contributed by atoms with van der Waals surface area (Å²) in [5.74, 6) is 0.727. The molecule has 3 heterocycles. The zero-order chi connectivity index (χ0) is 19.7. The summed E-state index contributed by atoms with van der Waals surface area (Å²) < 4.78 is 14.0. The molecular weight excluding hydrogens is 359 g/mol. The highest BCUT2D eigenvalue weighted by molar-refractivity contribution is 5.87. The smallest absolute Gasteiger partial charge is 0.166 e. The number of aliphatic hydroxyl groups is 1. The maximum absolute atomic E-state index is 14.0. The zero-order valence-corrected chi connectivity index (χ0v) is 15.6. The van der Waals surface area contributed by atoms with Crippen LogP contribution in [-0.2, 0) is 0 Å². The van der Waals surface area contributed by atoms with Gasteiger partial charge in [0, 0.05) is 24.3 Å². The molecule has 0 bridgehead atoms. The maximum Gasteiger partial charge on any atom is 0.166 e. The molecule has 1 aromatic carbocycles. The molecule has 1 aliphatic heterocycles. The van der Waals surface area contributed by atoms with Gasteiger partial charge in [-0.1, -0.05) is 0 Å². The Morgan fingerprint density at radius 2 is 2.00 bits per heavy atom. The van der Waals surface area contributed by atoms with E-state index in [1.165, 1.54) is 12.4 Å². The van der Waals surface area contributed by atoms with Crippen molar-refractivity contribution in [3.8, 4) is 0 Å². The Morgan fingerprint density at radius 3 is 2.79 bits per heavy atom. The second kappa shape index (κ2) is 7.55. The highest BCUT2D eigenvalue weighted by Crippen LogP contribution is 2.32. The van der Waals surface area contributed by atoms with E-state index in [0.717, 1.165) is 29.7 Å². The number of aliphatic hydroxyl groups excluding tert-OH is 1. The van der Waals surface area contributed by atoms with Crippen LogP contribution in [0.2, 0.25) is 0 Å². The molecule has 0 aliphatic carbocycles. The number of hydrogen-bond acceptors (Lipinski definition) is 7. The zero-order valence-electron chi connectivity index (χ0n) is 15.6. The minimum atomic E-state index is -0.286. The number of hydrogen-bond donors (Lipinski definition) is 3. The molecule has 8 heteroatoms. The van der Waals surface area contributed by atoms with Crippen molar-refractivity contribution in [2.45, 2.75) is 31.9 Å². The van der Waals surface area contributed by atoms with Crippen LogP contribution < -0.4 is 16.0 Å². The molecular formula is C20H23FN6O. The van der Waals surface area contributed by atoms with Gasteiger partial charge in [-0.05, 0) is 50.1 Å². The van der Waals surface area contributed by atoms with E-state index in [-0.39, 0.29) is 18.0 Å². The van der Waals surface area contributed by atoms with E-state index < -0.39 is 0 Å². The number of rotatable bonds is 4. The van der Waals surface area contributed by atoms with E-state index in [1.807, 2.05) is 13.0 Å². The van der Waals surface area contributed by atoms with Crippen LogP contribution in [0.4, 0.5) is 21.7 Å². The summed E-state index contributed by atoms with van der Waals surface area (Å²) >= 11 is 0. The van der Waals surface area contributed by atoms with Gasteiger partial charge in [-0.2, -0.15) is 0 Å². The highest BCUT2D eigenvalue weighted by atomic mass is 19.1. The first-order valence-electron chi connectivity index (χ1n) is 9.37. The summed E-state index contributed by atoms with van der Waals surface area (Å²) in [4.78, 5) is 14.9. The first-order valence-corrected chi connectivity index (χ1v) is 9.37. The molecule has 28 heavy (non-hydrogen) atoms. The van der Waals surface area contributed by atoms with Crippen molar-refractivity contribution in [1.82, 2.24) is 15.0 Å². The number of fused-ring (bicyclic) bond motifs is 1. The van der Waals surface area contributed by atoms with Crippen molar-refractivity contribution in [3.63, 3.8) is 0 Å². The third-order valence-electron chi connectivity index (χ3n) is 5.13. The number of nitrogens with zero attached hydrogens (tertiary/aromatic N) is 4. The summed E-state index contributed by atoms with van der Waals surface area (Å²) in [6.07, 6.45) is 2.59. The van der Waals surface area contributed by atoms with E-state index in [4.69, 9.17) is 5.73 Å². The topological polar surface area (TPSA) is 100 Å². The summed E-state index contributed by atoms with van der Waals surface area (Å²) in [6.45, 7) is 3.45. The summed E-state index contributed by atoms with van der Waals surface area (Å²) in [7, 11) is 0. The van der Waals surface area contributed by atoms with Gasteiger partial charge < -0.3 is 21.1 Å². The molecule has 1 fully saturated rings. The Kier molecular flexibility index (Phi) is 4.95. The lowest BCUT2D eigenvalue weighted by atomic mass is 10.0. The van der Waals surface area contributed by atoms with Gasteiger partial charge in [0.2, 0.25) is 0 Å². The SMILES string of the molecule is CC(Nc1ncnc2nc(N)ccc12)c1cc(F)ccc1N1CCC(O)CC1. The van der Waals surface area contributed by atoms with Crippen LogP contribution in [0.25, 0.3) is 11.0 Å². The number of nitrogens with two attached hydrogens (primary N) is 1. The minimum absolute atomic E-state index is 0.201. The first-order chi connectivity index (χ1) is 13.5. The van der Waals surface area contributed by atoms with Crippen LogP contribution in [0.1, 0.15) is 31.4 Å². The van der Waals surface area contributed by atoms with Crippen molar-refractivity contribution in [1.29, 1.82) is 0 Å². The van der Waals surface area contributed by atoms with Crippen LogP contribution >= 0.6 is 0 Å². The lowest BCUT2D eigenvalue weighted by molar-refractivity contribution is 0.145. The Hall–Kier alpha value is -3.00.